The molecule has 0 fully saturated rings. The summed E-state index contributed by atoms with van der Waals surface area (Å²) in [5.41, 5.74) is 0.116. The molecule has 0 heterocycles. The van der Waals surface area contributed by atoms with Gasteiger partial charge in [0.1, 0.15) is 23.5 Å². The van der Waals surface area contributed by atoms with Gasteiger partial charge in [0.15, 0.2) is 0 Å². The average molecular weight is 364 g/mol. The molecule has 0 bridgehead atoms. The number of hydrogen-bond donors (Lipinski definition) is 1. The quantitative estimate of drug-likeness (QED) is 0.815. The molecular formula is C14H10BrClF2O2. The van der Waals surface area contributed by atoms with E-state index in [1.165, 1.54) is 7.11 Å². The summed E-state index contributed by atoms with van der Waals surface area (Å²) < 4.78 is 33.1. The molecule has 0 aliphatic rings. The third kappa shape index (κ3) is 2.95. The van der Waals surface area contributed by atoms with Gasteiger partial charge in [-0.3, -0.25) is 0 Å². The normalized spacial score (nSPS) is 12.3. The number of rotatable bonds is 3. The van der Waals surface area contributed by atoms with Crippen molar-refractivity contribution in [3.8, 4) is 5.75 Å². The Morgan fingerprint density at radius 3 is 2.50 bits per heavy atom. The van der Waals surface area contributed by atoms with Gasteiger partial charge in [-0.1, -0.05) is 27.5 Å². The van der Waals surface area contributed by atoms with Crippen molar-refractivity contribution in [1.82, 2.24) is 0 Å². The molecule has 0 aliphatic heterocycles. The molecule has 0 aromatic heterocycles. The van der Waals surface area contributed by atoms with E-state index >= 15 is 0 Å². The van der Waals surface area contributed by atoms with Crippen molar-refractivity contribution in [1.29, 1.82) is 0 Å². The summed E-state index contributed by atoms with van der Waals surface area (Å²) in [5.74, 6) is -1.21. The van der Waals surface area contributed by atoms with Gasteiger partial charge in [-0.25, -0.2) is 8.78 Å². The zero-order valence-electron chi connectivity index (χ0n) is 10.3. The molecule has 0 saturated heterocycles. The van der Waals surface area contributed by atoms with Gasteiger partial charge in [-0.15, -0.1) is 0 Å². The molecule has 0 radical (unpaired) electrons. The Morgan fingerprint density at radius 2 is 1.85 bits per heavy atom. The number of aliphatic hydroxyl groups excluding tert-OH is 1. The first-order valence-corrected chi connectivity index (χ1v) is 6.77. The van der Waals surface area contributed by atoms with Gasteiger partial charge >= 0.3 is 0 Å². The summed E-state index contributed by atoms with van der Waals surface area (Å²) in [6, 6.07) is 6.62. The molecule has 0 spiro atoms. The summed E-state index contributed by atoms with van der Waals surface area (Å²) in [5, 5.41) is 9.94. The summed E-state index contributed by atoms with van der Waals surface area (Å²) in [6.07, 6.45) is -1.37. The van der Waals surface area contributed by atoms with E-state index in [2.05, 4.69) is 15.9 Å². The van der Waals surface area contributed by atoms with E-state index in [0.717, 1.165) is 12.1 Å². The second-order valence-electron chi connectivity index (χ2n) is 4.08. The molecule has 0 aliphatic carbocycles. The van der Waals surface area contributed by atoms with E-state index in [4.69, 9.17) is 16.3 Å². The van der Waals surface area contributed by atoms with E-state index < -0.39 is 17.7 Å². The second-order valence-corrected chi connectivity index (χ2v) is 5.40. The van der Waals surface area contributed by atoms with E-state index in [-0.39, 0.29) is 10.6 Å². The van der Waals surface area contributed by atoms with E-state index in [0.29, 0.717) is 15.8 Å². The minimum absolute atomic E-state index is 0.205. The first-order chi connectivity index (χ1) is 9.43. The molecule has 2 aromatic rings. The zero-order valence-corrected chi connectivity index (χ0v) is 12.7. The summed E-state index contributed by atoms with van der Waals surface area (Å²) in [4.78, 5) is 0. The fraction of sp³-hybridized carbons (Fsp3) is 0.143. The first-order valence-electron chi connectivity index (χ1n) is 5.60. The van der Waals surface area contributed by atoms with Crippen LogP contribution in [-0.4, -0.2) is 12.2 Å². The van der Waals surface area contributed by atoms with Crippen LogP contribution >= 0.6 is 27.5 Å². The Bertz CT molecular complexity index is 649. The number of methoxy groups -OCH3 is 1. The van der Waals surface area contributed by atoms with Crippen molar-refractivity contribution in [2.75, 3.05) is 7.11 Å². The molecule has 20 heavy (non-hydrogen) atoms. The molecule has 6 heteroatoms. The van der Waals surface area contributed by atoms with Crippen LogP contribution in [0.4, 0.5) is 8.78 Å². The van der Waals surface area contributed by atoms with Crippen LogP contribution in [0.3, 0.4) is 0 Å². The number of ether oxygens (including phenoxy) is 1. The van der Waals surface area contributed by atoms with Gasteiger partial charge in [0, 0.05) is 15.6 Å². The van der Waals surface area contributed by atoms with E-state index in [1.807, 2.05) is 0 Å². The molecule has 2 aromatic carbocycles. The molecule has 0 amide bonds. The lowest BCUT2D eigenvalue weighted by Crippen LogP contribution is -2.06. The van der Waals surface area contributed by atoms with E-state index in [1.54, 1.807) is 18.2 Å². The van der Waals surface area contributed by atoms with E-state index in [9.17, 15) is 13.9 Å². The fourth-order valence-electron chi connectivity index (χ4n) is 1.83. The lowest BCUT2D eigenvalue weighted by Gasteiger charge is -2.16. The average Bonchev–Trinajstić information content (AvgIpc) is 2.42. The fourth-order valence-corrected chi connectivity index (χ4v) is 2.36. The van der Waals surface area contributed by atoms with Crippen LogP contribution in [-0.2, 0) is 0 Å². The van der Waals surface area contributed by atoms with Crippen LogP contribution in [0.1, 0.15) is 17.2 Å². The highest BCUT2D eigenvalue weighted by molar-refractivity contribution is 9.10. The summed E-state index contributed by atoms with van der Waals surface area (Å²) in [6.45, 7) is 0. The minimum atomic E-state index is -1.37. The number of benzene rings is 2. The van der Waals surface area contributed by atoms with Crippen molar-refractivity contribution in [3.05, 3.63) is 62.6 Å². The SMILES string of the molecule is COc1ccc(Br)cc1C(O)c1cc(F)c(Cl)cc1F. The lowest BCUT2D eigenvalue weighted by atomic mass is 10.00. The highest BCUT2D eigenvalue weighted by Crippen LogP contribution is 2.34. The maximum Gasteiger partial charge on any atom is 0.142 e. The predicted molar refractivity (Wildman–Crippen MR) is 76.1 cm³/mol. The molecule has 2 nitrogen and oxygen atoms in total. The molecule has 1 atom stereocenters. The summed E-state index contributed by atoms with van der Waals surface area (Å²) >= 11 is 8.75. The minimum Gasteiger partial charge on any atom is -0.496 e. The van der Waals surface area contributed by atoms with Crippen LogP contribution < -0.4 is 4.74 Å². The van der Waals surface area contributed by atoms with Gasteiger partial charge in [0.05, 0.1) is 12.1 Å². The van der Waals surface area contributed by atoms with Crippen LogP contribution in [0.15, 0.2) is 34.8 Å². The van der Waals surface area contributed by atoms with Crippen molar-refractivity contribution in [3.63, 3.8) is 0 Å². The molecule has 2 rings (SSSR count). The molecular weight excluding hydrogens is 354 g/mol. The van der Waals surface area contributed by atoms with Crippen molar-refractivity contribution in [2.45, 2.75) is 6.10 Å². The van der Waals surface area contributed by atoms with Crippen LogP contribution in [0.25, 0.3) is 0 Å². The third-order valence-corrected chi connectivity index (χ3v) is 3.60. The monoisotopic (exact) mass is 362 g/mol. The van der Waals surface area contributed by atoms with Gasteiger partial charge in [0.2, 0.25) is 0 Å². The predicted octanol–water partition coefficient (Wildman–Crippen LogP) is 4.47. The Hall–Kier alpha value is -1.17. The Kier molecular flexibility index (Phi) is 4.62. The lowest BCUT2D eigenvalue weighted by molar-refractivity contribution is 0.209. The van der Waals surface area contributed by atoms with Crippen molar-refractivity contribution >= 4 is 27.5 Å². The van der Waals surface area contributed by atoms with Gasteiger partial charge in [-0.2, -0.15) is 0 Å². The molecule has 1 N–H and O–H groups in total. The molecule has 0 saturated carbocycles. The van der Waals surface area contributed by atoms with Gasteiger partial charge in [0.25, 0.3) is 0 Å². The third-order valence-electron chi connectivity index (χ3n) is 2.82. The van der Waals surface area contributed by atoms with Crippen LogP contribution in [0, 0.1) is 11.6 Å². The highest BCUT2D eigenvalue weighted by atomic mass is 79.9. The number of aliphatic hydroxyl groups is 1. The Labute approximate surface area is 128 Å². The Morgan fingerprint density at radius 1 is 1.15 bits per heavy atom. The molecule has 1 unspecified atom stereocenters. The number of halogens is 4. The van der Waals surface area contributed by atoms with Gasteiger partial charge in [-0.05, 0) is 30.3 Å². The topological polar surface area (TPSA) is 29.5 Å². The van der Waals surface area contributed by atoms with Crippen molar-refractivity contribution < 1.29 is 18.6 Å². The number of hydrogen-bond acceptors (Lipinski definition) is 2. The zero-order chi connectivity index (χ0) is 14.9. The molecule has 106 valence electrons. The first kappa shape index (κ1) is 15.2. The largest absolute Gasteiger partial charge is 0.496 e. The van der Waals surface area contributed by atoms with Crippen LogP contribution in [0.5, 0.6) is 5.75 Å². The van der Waals surface area contributed by atoms with Crippen LogP contribution in [0.2, 0.25) is 5.02 Å². The highest BCUT2D eigenvalue weighted by Gasteiger charge is 2.21. The summed E-state index contributed by atoms with van der Waals surface area (Å²) in [7, 11) is 1.43. The maximum atomic E-state index is 13.8. The van der Waals surface area contributed by atoms with Crippen molar-refractivity contribution in [2.24, 2.45) is 0 Å². The maximum absolute atomic E-state index is 13.8. The standard InChI is InChI=1S/C14H10BrClF2O2/c1-20-13-3-2-7(15)4-9(13)14(19)8-5-12(18)10(16)6-11(8)17/h2-6,14,19H,1H3. The second kappa shape index (κ2) is 6.08. The van der Waals surface area contributed by atoms with Gasteiger partial charge < -0.3 is 9.84 Å². The Balaban J connectivity index is 2.54. The smallest absolute Gasteiger partial charge is 0.142 e.